The molecule has 1 fully saturated rings. The van der Waals surface area contributed by atoms with Gasteiger partial charge in [-0.3, -0.25) is 0 Å². The van der Waals surface area contributed by atoms with Gasteiger partial charge in [-0.1, -0.05) is 31.9 Å². The quantitative estimate of drug-likeness (QED) is 0.483. The third-order valence-electron chi connectivity index (χ3n) is 5.62. The molecule has 33 heavy (non-hydrogen) atoms. The number of methoxy groups -OCH3 is 2. The largest absolute Gasteiger partial charge is 0.495 e. The molecule has 0 aromatic heterocycles. The second-order valence-electron chi connectivity index (χ2n) is 7.83. The highest BCUT2D eigenvalue weighted by Gasteiger charge is 2.40. The van der Waals surface area contributed by atoms with Crippen LogP contribution in [0.2, 0.25) is 0 Å². The minimum Gasteiger partial charge on any atom is -0.495 e. The van der Waals surface area contributed by atoms with Crippen molar-refractivity contribution in [1.29, 1.82) is 0 Å². The zero-order chi connectivity index (χ0) is 24.7. The first-order valence-corrected chi connectivity index (χ1v) is 14.5. The van der Waals surface area contributed by atoms with Crippen LogP contribution in [-0.2, 0) is 20.0 Å². The predicted molar refractivity (Wildman–Crippen MR) is 133 cm³/mol. The molecule has 0 spiro atoms. The van der Waals surface area contributed by atoms with Crippen LogP contribution in [0.4, 0.5) is 0 Å². The predicted octanol–water partition coefficient (Wildman–Crippen LogP) is 3.93. The normalized spacial score (nSPS) is 18.3. The summed E-state index contributed by atoms with van der Waals surface area (Å²) in [5, 5.41) is 0. The van der Waals surface area contributed by atoms with Crippen molar-refractivity contribution < 1.29 is 26.3 Å². The molecule has 1 unspecified atom stereocenters. The highest BCUT2D eigenvalue weighted by atomic mass is 79.9. The van der Waals surface area contributed by atoms with E-state index < -0.39 is 26.1 Å². The van der Waals surface area contributed by atoms with Gasteiger partial charge in [0.1, 0.15) is 21.3 Å². The van der Waals surface area contributed by atoms with E-state index >= 15 is 0 Å². The highest BCUT2D eigenvalue weighted by Crippen LogP contribution is 2.36. The standard InChI is InChI=1S/C21H26Br2N2O6S2/c1-13-8-18(30-4)20(10-16(13)22)32(26,27)24-6-7-25(15(3)12-24)33(28,29)21-11-17(23)14(2)9-19(21)31-5/h8-11,15H,6-7,12H2,1-5H3. The topological polar surface area (TPSA) is 93.2 Å². The van der Waals surface area contributed by atoms with Gasteiger partial charge in [-0.2, -0.15) is 8.61 Å². The van der Waals surface area contributed by atoms with Crippen LogP contribution in [-0.4, -0.2) is 65.3 Å². The van der Waals surface area contributed by atoms with Gasteiger partial charge in [0.05, 0.1) is 14.2 Å². The van der Waals surface area contributed by atoms with Gasteiger partial charge in [0.15, 0.2) is 0 Å². The lowest BCUT2D eigenvalue weighted by Crippen LogP contribution is -2.55. The first-order valence-electron chi connectivity index (χ1n) is 10.0. The van der Waals surface area contributed by atoms with Crippen LogP contribution in [0.15, 0.2) is 43.0 Å². The minimum absolute atomic E-state index is 0.00552. The average Bonchev–Trinajstić information content (AvgIpc) is 2.76. The number of hydrogen-bond acceptors (Lipinski definition) is 6. The van der Waals surface area contributed by atoms with E-state index in [1.807, 2.05) is 13.8 Å². The van der Waals surface area contributed by atoms with Gasteiger partial charge in [0.25, 0.3) is 0 Å². The van der Waals surface area contributed by atoms with Gasteiger partial charge >= 0.3 is 0 Å². The Morgan fingerprint density at radius 3 is 1.70 bits per heavy atom. The molecule has 0 amide bonds. The summed E-state index contributed by atoms with van der Waals surface area (Å²) in [4.78, 5) is 0.0740. The molecular formula is C21H26Br2N2O6S2. The molecule has 1 aliphatic heterocycles. The molecule has 0 bridgehead atoms. The van der Waals surface area contributed by atoms with Crippen LogP contribution >= 0.6 is 31.9 Å². The highest BCUT2D eigenvalue weighted by molar-refractivity contribution is 9.10. The molecule has 182 valence electrons. The van der Waals surface area contributed by atoms with Crippen molar-refractivity contribution in [3.63, 3.8) is 0 Å². The molecule has 1 heterocycles. The zero-order valence-electron chi connectivity index (χ0n) is 18.9. The number of piperazine rings is 1. The van der Waals surface area contributed by atoms with Crippen molar-refractivity contribution in [1.82, 2.24) is 8.61 Å². The van der Waals surface area contributed by atoms with E-state index in [0.29, 0.717) is 8.95 Å². The molecule has 1 aliphatic rings. The molecule has 3 rings (SSSR count). The van der Waals surface area contributed by atoms with Crippen molar-refractivity contribution in [3.8, 4) is 11.5 Å². The van der Waals surface area contributed by atoms with E-state index in [0.717, 1.165) is 11.1 Å². The second kappa shape index (κ2) is 9.82. The maximum absolute atomic E-state index is 13.5. The van der Waals surface area contributed by atoms with Crippen LogP contribution in [0.25, 0.3) is 0 Å². The Labute approximate surface area is 212 Å². The summed E-state index contributed by atoms with van der Waals surface area (Å²) < 4.78 is 68.3. The molecule has 12 heteroatoms. The smallest absolute Gasteiger partial charge is 0.247 e. The Hall–Kier alpha value is -1.18. The van der Waals surface area contributed by atoms with Crippen molar-refractivity contribution >= 4 is 51.9 Å². The molecule has 8 nitrogen and oxygen atoms in total. The Bertz CT molecular complexity index is 1280. The van der Waals surface area contributed by atoms with E-state index in [4.69, 9.17) is 9.47 Å². The van der Waals surface area contributed by atoms with Crippen LogP contribution < -0.4 is 9.47 Å². The van der Waals surface area contributed by atoms with Gasteiger partial charge in [0.2, 0.25) is 20.0 Å². The minimum atomic E-state index is -3.93. The Morgan fingerprint density at radius 2 is 1.27 bits per heavy atom. The fourth-order valence-electron chi connectivity index (χ4n) is 3.74. The molecule has 0 saturated carbocycles. The number of ether oxygens (including phenoxy) is 2. The number of aryl methyl sites for hydroxylation is 2. The third kappa shape index (κ3) is 4.96. The number of rotatable bonds is 6. The third-order valence-corrected chi connectivity index (χ3v) is 11.3. The lowest BCUT2D eigenvalue weighted by molar-refractivity contribution is 0.212. The van der Waals surface area contributed by atoms with Crippen molar-refractivity contribution in [2.75, 3.05) is 33.9 Å². The summed E-state index contributed by atoms with van der Waals surface area (Å²) in [6.07, 6.45) is 0. The fraction of sp³-hybridized carbons (Fsp3) is 0.429. The van der Waals surface area contributed by atoms with Gasteiger partial charge in [-0.15, -0.1) is 0 Å². The van der Waals surface area contributed by atoms with Crippen molar-refractivity contribution in [2.24, 2.45) is 0 Å². The zero-order valence-corrected chi connectivity index (χ0v) is 23.7. The van der Waals surface area contributed by atoms with E-state index in [9.17, 15) is 16.8 Å². The van der Waals surface area contributed by atoms with E-state index in [2.05, 4.69) is 31.9 Å². The van der Waals surface area contributed by atoms with Gasteiger partial charge in [0, 0.05) is 34.6 Å². The van der Waals surface area contributed by atoms with Crippen molar-refractivity contribution in [2.45, 2.75) is 36.6 Å². The number of sulfonamides is 2. The molecule has 1 atom stereocenters. The molecule has 1 saturated heterocycles. The van der Waals surface area contributed by atoms with Gasteiger partial charge in [-0.05, 0) is 56.2 Å². The Morgan fingerprint density at radius 1 is 0.818 bits per heavy atom. The van der Waals surface area contributed by atoms with E-state index in [-0.39, 0.29) is 40.9 Å². The fourth-order valence-corrected chi connectivity index (χ4v) is 8.19. The summed E-state index contributed by atoms with van der Waals surface area (Å²) in [7, 11) is -5.00. The molecule has 2 aromatic carbocycles. The molecule has 2 aromatic rings. The monoisotopic (exact) mass is 624 g/mol. The SMILES string of the molecule is COc1cc(C)c(Br)cc1S(=O)(=O)N1CCN(S(=O)(=O)c2cc(Br)c(C)cc2OC)C(C)C1. The maximum atomic E-state index is 13.5. The summed E-state index contributed by atoms with van der Waals surface area (Å²) in [5.74, 6) is 0.486. The van der Waals surface area contributed by atoms with E-state index in [1.54, 1.807) is 19.1 Å². The number of hydrogen-bond donors (Lipinski definition) is 0. The molecule has 0 N–H and O–H groups in total. The van der Waals surface area contributed by atoms with E-state index in [1.165, 1.54) is 35.0 Å². The number of benzene rings is 2. The maximum Gasteiger partial charge on any atom is 0.247 e. The lowest BCUT2D eigenvalue weighted by Gasteiger charge is -2.38. The van der Waals surface area contributed by atoms with Gasteiger partial charge in [-0.25, -0.2) is 16.8 Å². The summed E-state index contributed by atoms with van der Waals surface area (Å²) in [6, 6.07) is 5.76. The van der Waals surface area contributed by atoms with Crippen LogP contribution in [0, 0.1) is 13.8 Å². The summed E-state index contributed by atoms with van der Waals surface area (Å²) in [5.41, 5.74) is 1.68. The van der Waals surface area contributed by atoms with Gasteiger partial charge < -0.3 is 9.47 Å². The van der Waals surface area contributed by atoms with Crippen LogP contribution in [0.5, 0.6) is 11.5 Å². The molecule has 0 radical (unpaired) electrons. The Kier molecular flexibility index (Phi) is 7.87. The summed E-state index contributed by atoms with van der Waals surface area (Å²) >= 11 is 6.77. The summed E-state index contributed by atoms with van der Waals surface area (Å²) in [6.45, 7) is 5.39. The Balaban J connectivity index is 1.93. The molecular weight excluding hydrogens is 600 g/mol. The first kappa shape index (κ1) is 26.4. The second-order valence-corrected chi connectivity index (χ2v) is 13.3. The van der Waals surface area contributed by atoms with Crippen molar-refractivity contribution in [3.05, 3.63) is 44.3 Å². The first-order chi connectivity index (χ1) is 15.3. The average molecular weight is 626 g/mol. The number of nitrogens with zero attached hydrogens (tertiary/aromatic N) is 2. The number of halogens is 2. The lowest BCUT2D eigenvalue weighted by atomic mass is 10.2. The molecule has 0 aliphatic carbocycles. The van der Waals surface area contributed by atoms with Crippen LogP contribution in [0.1, 0.15) is 18.1 Å². The van der Waals surface area contributed by atoms with Crippen LogP contribution in [0.3, 0.4) is 0 Å².